The van der Waals surface area contributed by atoms with Gasteiger partial charge in [0.15, 0.2) is 6.40 Å². The monoisotopic (exact) mass is 305 g/mol. The number of nitrogens with zero attached hydrogens (tertiary/aromatic N) is 1. The maximum atomic E-state index is 6.03. The fourth-order valence-electron chi connectivity index (χ4n) is 2.01. The predicted octanol–water partition coefficient (Wildman–Crippen LogP) is 2.04. The van der Waals surface area contributed by atoms with Crippen LogP contribution in [0.25, 0.3) is 0 Å². The molecule has 0 aliphatic carbocycles. The zero-order valence-corrected chi connectivity index (χ0v) is 14.0. The Labute approximate surface area is 132 Å². The second-order valence-electron chi connectivity index (χ2n) is 6.28. The molecule has 1 aliphatic heterocycles. The Bertz CT molecular complexity index is 515. The zero-order valence-electron chi connectivity index (χ0n) is 14.0. The van der Waals surface area contributed by atoms with E-state index in [9.17, 15) is 0 Å². The van der Waals surface area contributed by atoms with Crippen LogP contribution in [0.2, 0.25) is 0 Å². The van der Waals surface area contributed by atoms with Gasteiger partial charge >= 0.3 is 7.12 Å². The van der Waals surface area contributed by atoms with Crippen LogP contribution < -0.4 is 10.2 Å². The topological polar surface area (TPSA) is 49.3 Å². The molecular weight excluding hydrogens is 281 g/mol. The lowest BCUT2D eigenvalue weighted by Crippen LogP contribution is -2.41. The van der Waals surface area contributed by atoms with Crippen molar-refractivity contribution in [3.8, 4) is 5.75 Å². The second kappa shape index (κ2) is 6.81. The second-order valence-corrected chi connectivity index (χ2v) is 6.28. The number of methoxy groups -OCH3 is 1. The summed E-state index contributed by atoms with van der Waals surface area (Å²) < 4.78 is 22.5. The standard InChI is InChI=1S/C16H24BNO4/c1-15(2)16(3,4)22-17(21-15)13-7-6-8-14(11-13)20-12-18-9-10-19-5/h6-8,11-12H,9-10H2,1-5H3. The molecule has 0 bridgehead atoms. The average Bonchev–Trinajstić information content (AvgIpc) is 2.68. The molecule has 1 aromatic carbocycles. The van der Waals surface area contributed by atoms with Gasteiger partial charge < -0.3 is 18.8 Å². The molecule has 0 amide bonds. The summed E-state index contributed by atoms with van der Waals surface area (Å²) >= 11 is 0. The number of benzene rings is 1. The SMILES string of the molecule is COCCN=COc1cccc(B2OC(C)(C)C(C)(C)O2)c1. The summed E-state index contributed by atoms with van der Waals surface area (Å²) in [5.74, 6) is 0.702. The lowest BCUT2D eigenvalue weighted by Gasteiger charge is -2.32. The molecule has 0 aromatic heterocycles. The van der Waals surface area contributed by atoms with Crippen LogP contribution in [0.4, 0.5) is 0 Å². The maximum absolute atomic E-state index is 6.03. The zero-order chi connectivity index (χ0) is 16.2. The molecule has 0 radical (unpaired) electrons. The normalized spacial score (nSPS) is 19.8. The van der Waals surface area contributed by atoms with Gasteiger partial charge in [-0.25, -0.2) is 0 Å². The van der Waals surface area contributed by atoms with Gasteiger partial charge in [0.1, 0.15) is 5.75 Å². The summed E-state index contributed by atoms with van der Waals surface area (Å²) in [5.41, 5.74) is 0.230. The molecule has 0 N–H and O–H groups in total. The van der Waals surface area contributed by atoms with Gasteiger partial charge in [-0.05, 0) is 45.3 Å². The molecule has 2 rings (SSSR count). The van der Waals surface area contributed by atoms with Crippen LogP contribution >= 0.6 is 0 Å². The fourth-order valence-corrected chi connectivity index (χ4v) is 2.01. The molecule has 120 valence electrons. The Morgan fingerprint density at radius 3 is 2.50 bits per heavy atom. The summed E-state index contributed by atoms with van der Waals surface area (Å²) in [7, 11) is 1.25. The van der Waals surface area contributed by atoms with Crippen molar-refractivity contribution in [2.75, 3.05) is 20.3 Å². The Balaban J connectivity index is 2.02. The molecule has 1 aliphatic rings. The molecule has 1 aromatic rings. The first-order valence-electron chi connectivity index (χ1n) is 7.45. The van der Waals surface area contributed by atoms with Crippen LogP contribution in [0.5, 0.6) is 5.75 Å². The minimum Gasteiger partial charge on any atom is -0.446 e. The Kier molecular flexibility index (Phi) is 5.26. The molecule has 5 nitrogen and oxygen atoms in total. The molecule has 0 spiro atoms. The van der Waals surface area contributed by atoms with Gasteiger partial charge in [-0.3, -0.25) is 4.99 Å². The van der Waals surface area contributed by atoms with Crippen molar-refractivity contribution < 1.29 is 18.8 Å². The summed E-state index contributed by atoms with van der Waals surface area (Å²) in [6, 6.07) is 7.66. The van der Waals surface area contributed by atoms with E-state index in [0.717, 1.165) is 5.46 Å². The van der Waals surface area contributed by atoms with E-state index >= 15 is 0 Å². The van der Waals surface area contributed by atoms with Crippen molar-refractivity contribution in [1.29, 1.82) is 0 Å². The van der Waals surface area contributed by atoms with Crippen molar-refractivity contribution in [2.45, 2.75) is 38.9 Å². The molecule has 1 saturated heterocycles. The van der Waals surface area contributed by atoms with Crippen LogP contribution in [0.1, 0.15) is 27.7 Å². The first kappa shape index (κ1) is 17.0. The van der Waals surface area contributed by atoms with E-state index in [4.69, 9.17) is 18.8 Å². The number of aliphatic imine (C=N–C) groups is 1. The van der Waals surface area contributed by atoms with Gasteiger partial charge in [-0.1, -0.05) is 12.1 Å². The van der Waals surface area contributed by atoms with E-state index < -0.39 is 0 Å². The van der Waals surface area contributed by atoms with Crippen molar-refractivity contribution in [3.05, 3.63) is 24.3 Å². The van der Waals surface area contributed by atoms with Crippen LogP contribution in [0, 0.1) is 0 Å². The van der Waals surface area contributed by atoms with Gasteiger partial charge in [-0.15, -0.1) is 0 Å². The Hall–Kier alpha value is -1.37. The third kappa shape index (κ3) is 3.88. The van der Waals surface area contributed by atoms with Gasteiger partial charge in [-0.2, -0.15) is 0 Å². The molecule has 1 heterocycles. The van der Waals surface area contributed by atoms with E-state index in [-0.39, 0.29) is 18.3 Å². The molecule has 0 saturated carbocycles. The highest BCUT2D eigenvalue weighted by Gasteiger charge is 2.51. The molecule has 6 heteroatoms. The van der Waals surface area contributed by atoms with Gasteiger partial charge in [0.25, 0.3) is 0 Å². The number of hydrogen-bond donors (Lipinski definition) is 0. The number of rotatable bonds is 6. The van der Waals surface area contributed by atoms with Crippen molar-refractivity contribution in [2.24, 2.45) is 4.99 Å². The van der Waals surface area contributed by atoms with Crippen molar-refractivity contribution in [1.82, 2.24) is 0 Å². The Morgan fingerprint density at radius 2 is 1.86 bits per heavy atom. The molecular formula is C16H24BNO4. The highest BCUT2D eigenvalue weighted by molar-refractivity contribution is 6.62. The number of ether oxygens (including phenoxy) is 2. The van der Waals surface area contributed by atoms with Crippen LogP contribution in [-0.2, 0) is 14.0 Å². The number of hydrogen-bond acceptors (Lipinski definition) is 5. The van der Waals surface area contributed by atoms with E-state index in [2.05, 4.69) is 4.99 Å². The molecule has 0 unspecified atom stereocenters. The van der Waals surface area contributed by atoms with E-state index in [1.54, 1.807) is 7.11 Å². The quantitative estimate of drug-likeness (QED) is 0.349. The Morgan fingerprint density at radius 1 is 1.18 bits per heavy atom. The van der Waals surface area contributed by atoms with Crippen LogP contribution in [0.3, 0.4) is 0 Å². The average molecular weight is 305 g/mol. The summed E-state index contributed by atoms with van der Waals surface area (Å²) in [6.07, 6.45) is 1.43. The summed E-state index contributed by atoms with van der Waals surface area (Å²) in [6.45, 7) is 9.30. The third-order valence-corrected chi connectivity index (χ3v) is 4.07. The minimum absolute atomic E-state index is 0.351. The van der Waals surface area contributed by atoms with Crippen LogP contribution in [-0.4, -0.2) is 45.0 Å². The first-order valence-corrected chi connectivity index (χ1v) is 7.45. The van der Waals surface area contributed by atoms with Crippen LogP contribution in [0.15, 0.2) is 29.3 Å². The van der Waals surface area contributed by atoms with Crippen molar-refractivity contribution in [3.63, 3.8) is 0 Å². The van der Waals surface area contributed by atoms with E-state index in [1.807, 2.05) is 52.0 Å². The lowest BCUT2D eigenvalue weighted by molar-refractivity contribution is 0.00578. The molecule has 1 fully saturated rings. The van der Waals surface area contributed by atoms with Gasteiger partial charge in [0.2, 0.25) is 0 Å². The third-order valence-electron chi connectivity index (χ3n) is 4.07. The van der Waals surface area contributed by atoms with Gasteiger partial charge in [0, 0.05) is 7.11 Å². The largest absolute Gasteiger partial charge is 0.494 e. The van der Waals surface area contributed by atoms with Gasteiger partial charge in [0.05, 0.1) is 24.4 Å². The summed E-state index contributed by atoms with van der Waals surface area (Å²) in [5, 5.41) is 0. The maximum Gasteiger partial charge on any atom is 0.494 e. The first-order chi connectivity index (χ1) is 10.4. The summed E-state index contributed by atoms with van der Waals surface area (Å²) in [4.78, 5) is 4.10. The van der Waals surface area contributed by atoms with Crippen molar-refractivity contribution >= 4 is 19.0 Å². The minimum atomic E-state index is -0.390. The van der Waals surface area contributed by atoms with E-state index in [0.29, 0.717) is 18.9 Å². The predicted molar refractivity (Wildman–Crippen MR) is 88.0 cm³/mol. The molecule has 0 atom stereocenters. The lowest BCUT2D eigenvalue weighted by atomic mass is 9.79. The highest BCUT2D eigenvalue weighted by atomic mass is 16.7. The highest BCUT2D eigenvalue weighted by Crippen LogP contribution is 2.36. The fraction of sp³-hybridized carbons (Fsp3) is 0.562. The van der Waals surface area contributed by atoms with E-state index in [1.165, 1.54) is 6.40 Å². The molecule has 22 heavy (non-hydrogen) atoms. The smallest absolute Gasteiger partial charge is 0.446 e.